The van der Waals surface area contributed by atoms with Crippen LogP contribution < -0.4 is 10.1 Å². The van der Waals surface area contributed by atoms with Crippen LogP contribution in [0.1, 0.15) is 11.1 Å². The summed E-state index contributed by atoms with van der Waals surface area (Å²) < 4.78 is 20.5. The maximum absolute atomic E-state index is 13.4. The number of amides is 1. The number of nitro benzene ring substituents is 1. The number of rotatable bonds is 7. The summed E-state index contributed by atoms with van der Waals surface area (Å²) in [7, 11) is 0. The number of hydrogen-bond acceptors (Lipinski definition) is 5. The molecule has 0 saturated heterocycles. The Morgan fingerprint density at radius 2 is 2.00 bits per heavy atom. The Morgan fingerprint density at radius 1 is 1.24 bits per heavy atom. The number of nitrogens with zero attached hydrogens (tertiary/aromatic N) is 2. The summed E-state index contributed by atoms with van der Waals surface area (Å²) in [5.74, 6) is -0.509. The van der Waals surface area contributed by atoms with Crippen molar-refractivity contribution >= 4 is 61.9 Å². The van der Waals surface area contributed by atoms with Gasteiger partial charge >= 0.3 is 0 Å². The quantitative estimate of drug-likeness (QED) is 0.111. The van der Waals surface area contributed by atoms with Gasteiger partial charge in [-0.25, -0.2) is 4.39 Å². The molecule has 0 spiro atoms. The molecule has 3 aromatic rings. The molecule has 3 aromatic carbocycles. The van der Waals surface area contributed by atoms with E-state index in [0.29, 0.717) is 24.9 Å². The monoisotopic (exact) mass is 621 g/mol. The number of hydrogen-bond donors (Lipinski definition) is 1. The smallest absolute Gasteiger partial charge is 0.271 e. The molecule has 0 aliphatic carbocycles. The topological polar surface area (TPSA) is 105 Å². The molecular weight excluding hydrogens is 608 g/mol. The summed E-state index contributed by atoms with van der Waals surface area (Å²) in [6.45, 7) is 0.163. The van der Waals surface area contributed by atoms with E-state index in [1.54, 1.807) is 24.3 Å². The van der Waals surface area contributed by atoms with Gasteiger partial charge in [0.1, 0.15) is 29.8 Å². The molecule has 0 bridgehead atoms. The van der Waals surface area contributed by atoms with E-state index in [9.17, 15) is 24.6 Å². The van der Waals surface area contributed by atoms with E-state index in [1.165, 1.54) is 42.5 Å². The lowest BCUT2D eigenvalue weighted by molar-refractivity contribution is -0.384. The van der Waals surface area contributed by atoms with E-state index >= 15 is 0 Å². The fourth-order valence-corrected chi connectivity index (χ4v) is 4.56. The maximum atomic E-state index is 13.4. The van der Waals surface area contributed by atoms with Gasteiger partial charge in [-0.3, -0.25) is 14.9 Å². The average Bonchev–Trinajstić information content (AvgIpc) is 2.77. The minimum absolute atomic E-state index is 0.163. The number of halogens is 3. The van der Waals surface area contributed by atoms with Gasteiger partial charge in [-0.1, -0.05) is 18.2 Å². The minimum Gasteiger partial charge on any atom is -0.487 e. The molecule has 166 valence electrons. The Bertz CT molecular complexity index is 1280. The minimum atomic E-state index is -0.699. The molecule has 3 rings (SSSR count). The standard InChI is InChI=1S/C23H14BrFIN3O4/c24-20-9-15(10-21(26)22(20)33-13-14-3-1-4-17(25)8-14)7-16(12-27)23(30)28-18-5-2-6-19(11-18)29(31)32/h1-11H,13H2,(H,28,30)/b16-7+. The van der Waals surface area contributed by atoms with Crippen molar-refractivity contribution < 1.29 is 18.8 Å². The van der Waals surface area contributed by atoms with Crippen LogP contribution in [0.25, 0.3) is 6.08 Å². The molecule has 0 radical (unpaired) electrons. The number of carbonyl (C=O) groups excluding carboxylic acids is 1. The van der Waals surface area contributed by atoms with E-state index in [-0.39, 0.29) is 29.4 Å². The highest BCUT2D eigenvalue weighted by molar-refractivity contribution is 14.1. The number of nitriles is 1. The van der Waals surface area contributed by atoms with Gasteiger partial charge in [-0.15, -0.1) is 0 Å². The summed E-state index contributed by atoms with van der Waals surface area (Å²) in [6, 6.07) is 16.8. The number of ether oxygens (including phenoxy) is 1. The van der Waals surface area contributed by atoms with Crippen LogP contribution in [0.4, 0.5) is 15.8 Å². The largest absolute Gasteiger partial charge is 0.487 e. The summed E-state index contributed by atoms with van der Waals surface area (Å²) in [5.41, 5.74) is 1.08. The van der Waals surface area contributed by atoms with Gasteiger partial charge in [0, 0.05) is 17.8 Å². The predicted octanol–water partition coefficient (Wildman–Crippen LogP) is 6.23. The highest BCUT2D eigenvalue weighted by atomic mass is 127. The zero-order chi connectivity index (χ0) is 24.0. The number of non-ortho nitro benzene ring substituents is 1. The first-order valence-electron chi connectivity index (χ1n) is 9.30. The molecule has 0 aliphatic rings. The lowest BCUT2D eigenvalue weighted by atomic mass is 10.1. The molecule has 0 aromatic heterocycles. The van der Waals surface area contributed by atoms with Crippen molar-refractivity contribution in [1.82, 2.24) is 0 Å². The Morgan fingerprint density at radius 3 is 2.67 bits per heavy atom. The summed E-state index contributed by atoms with van der Waals surface area (Å²) in [5, 5.41) is 22.8. The molecule has 0 atom stereocenters. The van der Waals surface area contributed by atoms with E-state index in [2.05, 4.69) is 43.8 Å². The van der Waals surface area contributed by atoms with Crippen LogP contribution in [0.3, 0.4) is 0 Å². The number of nitrogens with one attached hydrogen (secondary N) is 1. The van der Waals surface area contributed by atoms with Gasteiger partial charge in [-0.05, 0) is 86.1 Å². The second-order valence-corrected chi connectivity index (χ2v) is 8.68. The van der Waals surface area contributed by atoms with Gasteiger partial charge in [-0.2, -0.15) is 5.26 Å². The molecule has 0 fully saturated rings. The number of benzene rings is 3. The van der Waals surface area contributed by atoms with Gasteiger partial charge < -0.3 is 10.1 Å². The number of carbonyl (C=O) groups is 1. The first-order valence-corrected chi connectivity index (χ1v) is 11.2. The molecule has 33 heavy (non-hydrogen) atoms. The van der Waals surface area contributed by atoms with Crippen LogP contribution in [0.5, 0.6) is 5.75 Å². The van der Waals surface area contributed by atoms with Gasteiger partial charge in [0.2, 0.25) is 0 Å². The van der Waals surface area contributed by atoms with Crippen molar-refractivity contribution in [3.05, 3.63) is 101 Å². The van der Waals surface area contributed by atoms with Crippen LogP contribution in [-0.4, -0.2) is 10.8 Å². The average molecular weight is 622 g/mol. The first-order chi connectivity index (χ1) is 15.8. The third-order valence-electron chi connectivity index (χ3n) is 4.28. The molecule has 0 aliphatic heterocycles. The Hall–Kier alpha value is -3.30. The fourth-order valence-electron chi connectivity index (χ4n) is 2.79. The van der Waals surface area contributed by atoms with Crippen LogP contribution in [0.2, 0.25) is 0 Å². The highest BCUT2D eigenvalue weighted by Crippen LogP contribution is 2.33. The normalized spacial score (nSPS) is 10.9. The Labute approximate surface area is 210 Å². The molecule has 10 heteroatoms. The fraction of sp³-hybridized carbons (Fsp3) is 0.0435. The van der Waals surface area contributed by atoms with E-state index in [0.717, 1.165) is 0 Å². The zero-order valence-corrected chi connectivity index (χ0v) is 20.5. The van der Waals surface area contributed by atoms with Crippen LogP contribution >= 0.6 is 38.5 Å². The van der Waals surface area contributed by atoms with Crippen molar-refractivity contribution in [3.8, 4) is 11.8 Å². The van der Waals surface area contributed by atoms with E-state index < -0.39 is 10.8 Å². The lowest BCUT2D eigenvalue weighted by Crippen LogP contribution is -2.13. The van der Waals surface area contributed by atoms with Gasteiger partial charge in [0.25, 0.3) is 11.6 Å². The van der Waals surface area contributed by atoms with Crippen molar-refractivity contribution in [1.29, 1.82) is 5.26 Å². The van der Waals surface area contributed by atoms with E-state index in [4.69, 9.17) is 4.74 Å². The zero-order valence-electron chi connectivity index (χ0n) is 16.7. The van der Waals surface area contributed by atoms with Crippen LogP contribution in [0.15, 0.2) is 70.7 Å². The summed E-state index contributed by atoms with van der Waals surface area (Å²) in [4.78, 5) is 22.8. The second kappa shape index (κ2) is 11.0. The first kappa shape index (κ1) is 24.3. The molecule has 0 unspecified atom stereocenters. The van der Waals surface area contributed by atoms with Crippen LogP contribution in [-0.2, 0) is 11.4 Å². The number of nitro groups is 1. The molecule has 0 heterocycles. The molecular formula is C23H14BrFIN3O4. The van der Waals surface area contributed by atoms with Crippen molar-refractivity contribution in [3.63, 3.8) is 0 Å². The van der Waals surface area contributed by atoms with Crippen molar-refractivity contribution in [2.45, 2.75) is 6.61 Å². The predicted molar refractivity (Wildman–Crippen MR) is 133 cm³/mol. The molecule has 7 nitrogen and oxygen atoms in total. The van der Waals surface area contributed by atoms with Gasteiger partial charge in [0.05, 0.1) is 13.0 Å². The van der Waals surface area contributed by atoms with Gasteiger partial charge in [0.15, 0.2) is 0 Å². The van der Waals surface area contributed by atoms with E-state index in [1.807, 2.05) is 6.07 Å². The molecule has 1 amide bonds. The Kier molecular flexibility index (Phi) is 8.13. The lowest BCUT2D eigenvalue weighted by Gasteiger charge is -2.12. The molecule has 1 N–H and O–H groups in total. The van der Waals surface area contributed by atoms with Crippen molar-refractivity contribution in [2.75, 3.05) is 5.32 Å². The molecule has 0 saturated carbocycles. The summed E-state index contributed by atoms with van der Waals surface area (Å²) >= 11 is 5.49. The third-order valence-corrected chi connectivity index (χ3v) is 5.67. The third kappa shape index (κ3) is 6.59. The van der Waals surface area contributed by atoms with Crippen LogP contribution in [0, 0.1) is 30.8 Å². The number of anilines is 1. The maximum Gasteiger partial charge on any atom is 0.271 e. The Balaban J connectivity index is 1.78. The summed E-state index contributed by atoms with van der Waals surface area (Å²) in [6.07, 6.45) is 1.40. The highest BCUT2D eigenvalue weighted by Gasteiger charge is 2.14. The second-order valence-electron chi connectivity index (χ2n) is 6.66. The SMILES string of the molecule is N#C/C(=C\c1cc(Br)c(OCc2cccc(F)c2)c(I)c1)C(=O)Nc1cccc([N+](=O)[O-])c1. The van der Waals surface area contributed by atoms with Crippen molar-refractivity contribution in [2.24, 2.45) is 0 Å².